The average Bonchev–Trinajstić information content (AvgIpc) is 1.85. The van der Waals surface area contributed by atoms with Gasteiger partial charge in [-0.2, -0.15) is 0 Å². The van der Waals surface area contributed by atoms with Gasteiger partial charge >= 0.3 is 0 Å². The maximum absolute atomic E-state index is 4.77. The minimum absolute atomic E-state index is 0.737. The van der Waals surface area contributed by atoms with E-state index in [0.29, 0.717) is 0 Å². The van der Waals surface area contributed by atoms with Crippen molar-refractivity contribution in [3.8, 4) is 5.75 Å². The van der Waals surface area contributed by atoms with Gasteiger partial charge in [-0.15, -0.1) is 0 Å². The van der Waals surface area contributed by atoms with E-state index in [4.69, 9.17) is 4.74 Å². The van der Waals surface area contributed by atoms with Gasteiger partial charge in [0, 0.05) is 8.95 Å². The highest BCUT2D eigenvalue weighted by Gasteiger charge is 1.94. The van der Waals surface area contributed by atoms with E-state index in [9.17, 15) is 0 Å². The largest absolute Gasteiger partial charge is 0.490 e. The summed E-state index contributed by atoms with van der Waals surface area (Å²) in [6.45, 7) is 0. The van der Waals surface area contributed by atoms with Gasteiger partial charge in [-0.25, -0.2) is 0 Å². The molecule has 10 heavy (non-hydrogen) atoms. The maximum Gasteiger partial charge on any atom is 0.122 e. The molecule has 1 aromatic carbocycles. The van der Waals surface area contributed by atoms with Crippen LogP contribution >= 0.6 is 31.9 Å². The Bertz CT molecular complexity index is 215. The summed E-state index contributed by atoms with van der Waals surface area (Å²) in [6, 6.07) is 5.62. The molecule has 0 fully saturated rings. The summed E-state index contributed by atoms with van der Waals surface area (Å²) in [5, 5.41) is 0. The van der Waals surface area contributed by atoms with Crippen LogP contribution in [-0.4, -0.2) is 0 Å². The van der Waals surface area contributed by atoms with Crippen LogP contribution in [-0.2, 0) is 0 Å². The Morgan fingerprint density at radius 3 is 2.00 bits per heavy atom. The van der Waals surface area contributed by atoms with Gasteiger partial charge in [0.05, 0.1) is 0 Å². The molecule has 53 valence electrons. The Morgan fingerprint density at radius 1 is 1.10 bits per heavy atom. The lowest BCUT2D eigenvalue weighted by atomic mass is 10.3. The lowest BCUT2D eigenvalue weighted by Gasteiger charge is -1.99. The van der Waals surface area contributed by atoms with E-state index in [2.05, 4.69) is 39.0 Å². The molecular formula is C7H5Br2O. The number of hydrogen-bond donors (Lipinski definition) is 0. The SMILES string of the molecule is [CH2]Oc1cc(Br)cc(Br)c1. The number of rotatable bonds is 1. The van der Waals surface area contributed by atoms with Gasteiger partial charge in [0.1, 0.15) is 12.9 Å². The maximum atomic E-state index is 4.77. The van der Waals surface area contributed by atoms with Crippen molar-refractivity contribution in [1.29, 1.82) is 0 Å². The lowest BCUT2D eigenvalue weighted by Crippen LogP contribution is -1.78. The number of hydrogen-bond acceptors (Lipinski definition) is 1. The summed E-state index contributed by atoms with van der Waals surface area (Å²) in [5.74, 6) is 0.737. The molecule has 0 heterocycles. The van der Waals surface area contributed by atoms with Crippen molar-refractivity contribution in [3.05, 3.63) is 34.3 Å². The quantitative estimate of drug-likeness (QED) is 0.756. The zero-order valence-corrected chi connectivity index (χ0v) is 8.28. The van der Waals surface area contributed by atoms with Crippen LogP contribution in [0, 0.1) is 7.11 Å². The van der Waals surface area contributed by atoms with E-state index in [0.717, 1.165) is 14.7 Å². The van der Waals surface area contributed by atoms with Crippen LogP contribution in [0.3, 0.4) is 0 Å². The van der Waals surface area contributed by atoms with Crippen molar-refractivity contribution in [2.45, 2.75) is 0 Å². The highest BCUT2D eigenvalue weighted by atomic mass is 79.9. The standard InChI is InChI=1S/C7H5Br2O/c1-10-7-3-5(8)2-6(9)4-7/h2-4H,1H2. The van der Waals surface area contributed by atoms with E-state index in [1.54, 1.807) is 0 Å². The number of benzene rings is 1. The monoisotopic (exact) mass is 263 g/mol. The molecule has 0 bridgehead atoms. The van der Waals surface area contributed by atoms with Crippen LogP contribution in [0.5, 0.6) is 5.75 Å². The van der Waals surface area contributed by atoms with Gasteiger partial charge in [0.25, 0.3) is 0 Å². The predicted molar refractivity (Wildman–Crippen MR) is 47.8 cm³/mol. The second-order valence-electron chi connectivity index (χ2n) is 1.75. The van der Waals surface area contributed by atoms with E-state index in [1.165, 1.54) is 0 Å². The van der Waals surface area contributed by atoms with Crippen molar-refractivity contribution < 1.29 is 4.74 Å². The summed E-state index contributed by atoms with van der Waals surface area (Å²) < 4.78 is 6.71. The van der Waals surface area contributed by atoms with Gasteiger partial charge < -0.3 is 4.74 Å². The van der Waals surface area contributed by atoms with Crippen LogP contribution in [0.2, 0.25) is 0 Å². The minimum Gasteiger partial charge on any atom is -0.490 e. The first-order valence-corrected chi connectivity index (χ1v) is 4.19. The molecule has 0 aliphatic rings. The van der Waals surface area contributed by atoms with Crippen molar-refractivity contribution >= 4 is 31.9 Å². The molecule has 0 N–H and O–H groups in total. The van der Waals surface area contributed by atoms with Crippen LogP contribution in [0.1, 0.15) is 0 Å². The first-order chi connectivity index (χ1) is 4.72. The fourth-order valence-electron chi connectivity index (χ4n) is 0.612. The Hall–Kier alpha value is -0.0200. The number of halogens is 2. The summed E-state index contributed by atoms with van der Waals surface area (Å²) in [6.07, 6.45) is 0. The van der Waals surface area contributed by atoms with Crippen LogP contribution in [0.15, 0.2) is 27.1 Å². The van der Waals surface area contributed by atoms with E-state index in [-0.39, 0.29) is 0 Å². The second-order valence-corrected chi connectivity index (χ2v) is 3.58. The molecule has 0 saturated carbocycles. The molecule has 0 aliphatic carbocycles. The summed E-state index contributed by atoms with van der Waals surface area (Å²) in [4.78, 5) is 0. The molecule has 1 aromatic rings. The first kappa shape index (κ1) is 8.08. The molecule has 0 amide bonds. The molecule has 0 unspecified atom stereocenters. The van der Waals surface area contributed by atoms with Crippen molar-refractivity contribution in [1.82, 2.24) is 0 Å². The molecule has 0 atom stereocenters. The van der Waals surface area contributed by atoms with Gasteiger partial charge in [-0.1, -0.05) is 31.9 Å². The summed E-state index contributed by atoms with van der Waals surface area (Å²) in [7, 11) is 3.30. The Morgan fingerprint density at radius 2 is 1.60 bits per heavy atom. The lowest BCUT2D eigenvalue weighted by molar-refractivity contribution is 0.472. The first-order valence-electron chi connectivity index (χ1n) is 2.60. The normalized spacial score (nSPS) is 9.50. The topological polar surface area (TPSA) is 9.23 Å². The van der Waals surface area contributed by atoms with Gasteiger partial charge in [0.2, 0.25) is 0 Å². The zero-order valence-electron chi connectivity index (χ0n) is 5.10. The average molecular weight is 265 g/mol. The van der Waals surface area contributed by atoms with Crippen molar-refractivity contribution in [2.24, 2.45) is 0 Å². The zero-order chi connectivity index (χ0) is 7.56. The van der Waals surface area contributed by atoms with E-state index < -0.39 is 0 Å². The van der Waals surface area contributed by atoms with E-state index >= 15 is 0 Å². The van der Waals surface area contributed by atoms with Crippen LogP contribution < -0.4 is 4.74 Å². The molecule has 0 aliphatic heterocycles. The highest BCUT2D eigenvalue weighted by Crippen LogP contribution is 2.24. The fraction of sp³-hybridized carbons (Fsp3) is 0. The molecule has 0 aromatic heterocycles. The molecule has 1 radical (unpaired) electrons. The molecular weight excluding hydrogens is 260 g/mol. The predicted octanol–water partition coefficient (Wildman–Crippen LogP) is 3.38. The van der Waals surface area contributed by atoms with Gasteiger partial charge in [0.15, 0.2) is 0 Å². The van der Waals surface area contributed by atoms with Crippen LogP contribution in [0.25, 0.3) is 0 Å². The van der Waals surface area contributed by atoms with Crippen molar-refractivity contribution in [2.75, 3.05) is 0 Å². The highest BCUT2D eigenvalue weighted by molar-refractivity contribution is 9.11. The van der Waals surface area contributed by atoms with Crippen LogP contribution in [0.4, 0.5) is 0 Å². The molecule has 1 rings (SSSR count). The second kappa shape index (κ2) is 3.39. The molecule has 3 heteroatoms. The fourth-order valence-corrected chi connectivity index (χ4v) is 1.86. The third-order valence-electron chi connectivity index (χ3n) is 1.00. The number of ether oxygens (including phenoxy) is 1. The Kier molecular flexibility index (Phi) is 2.74. The van der Waals surface area contributed by atoms with E-state index in [1.807, 2.05) is 18.2 Å². The Balaban J connectivity index is 3.06. The van der Waals surface area contributed by atoms with Gasteiger partial charge in [-0.3, -0.25) is 0 Å². The summed E-state index contributed by atoms with van der Waals surface area (Å²) >= 11 is 6.63. The molecule has 0 spiro atoms. The third-order valence-corrected chi connectivity index (χ3v) is 1.92. The molecule has 1 nitrogen and oxygen atoms in total. The summed E-state index contributed by atoms with van der Waals surface area (Å²) in [5.41, 5.74) is 0. The van der Waals surface area contributed by atoms with Gasteiger partial charge in [-0.05, 0) is 18.2 Å². The molecule has 0 saturated heterocycles. The smallest absolute Gasteiger partial charge is 0.122 e. The van der Waals surface area contributed by atoms with Crippen molar-refractivity contribution in [3.63, 3.8) is 0 Å². The minimum atomic E-state index is 0.737. The third kappa shape index (κ3) is 1.99. The Labute approximate surface area is 76.6 Å².